The molecule has 0 aromatic rings. The molecule has 17 heavy (non-hydrogen) atoms. The molecular weight excluding hydrogens is 214 g/mol. The van der Waals surface area contributed by atoms with Gasteiger partial charge in [0.2, 0.25) is 0 Å². The zero-order chi connectivity index (χ0) is 12.6. The van der Waals surface area contributed by atoms with Crippen molar-refractivity contribution >= 4 is 6.09 Å². The second kappa shape index (κ2) is 4.35. The van der Waals surface area contributed by atoms with E-state index >= 15 is 0 Å². The summed E-state index contributed by atoms with van der Waals surface area (Å²) in [5.74, 6) is 1.32. The maximum absolute atomic E-state index is 11.9. The summed E-state index contributed by atoms with van der Waals surface area (Å²) in [4.78, 5) is 13.8. The van der Waals surface area contributed by atoms with E-state index in [9.17, 15) is 4.79 Å². The van der Waals surface area contributed by atoms with Gasteiger partial charge < -0.3 is 9.64 Å². The third-order valence-electron chi connectivity index (χ3n) is 3.69. The zero-order valence-corrected chi connectivity index (χ0v) is 11.3. The number of likely N-dealkylation sites (tertiary alicyclic amines) is 1. The second-order valence-electron chi connectivity index (χ2n) is 6.26. The van der Waals surface area contributed by atoms with Gasteiger partial charge in [0.25, 0.3) is 0 Å². The van der Waals surface area contributed by atoms with Crippen LogP contribution in [0, 0.1) is 11.8 Å². The van der Waals surface area contributed by atoms with E-state index in [2.05, 4.69) is 13.0 Å². The van der Waals surface area contributed by atoms with E-state index < -0.39 is 0 Å². The number of hydrogen-bond acceptors (Lipinski definition) is 2. The van der Waals surface area contributed by atoms with E-state index in [1.165, 1.54) is 12.8 Å². The number of carbonyl (C=O) groups is 1. The minimum absolute atomic E-state index is 0.145. The van der Waals surface area contributed by atoms with Crippen molar-refractivity contribution < 1.29 is 9.53 Å². The fraction of sp³-hybridized carbons (Fsp3) is 0.786. The van der Waals surface area contributed by atoms with E-state index in [1.807, 2.05) is 25.7 Å². The number of ether oxygens (including phenoxy) is 1. The Balaban J connectivity index is 1.90. The molecule has 2 atom stereocenters. The van der Waals surface area contributed by atoms with Gasteiger partial charge in [-0.3, -0.25) is 0 Å². The first-order valence-corrected chi connectivity index (χ1v) is 6.51. The molecule has 0 spiro atoms. The van der Waals surface area contributed by atoms with Gasteiger partial charge in [-0.2, -0.15) is 0 Å². The van der Waals surface area contributed by atoms with Crippen LogP contribution in [0.5, 0.6) is 0 Å². The molecule has 1 aliphatic carbocycles. The molecule has 2 aliphatic rings. The Morgan fingerprint density at radius 2 is 1.82 bits per heavy atom. The third kappa shape index (κ3) is 2.82. The molecule has 1 unspecified atom stereocenters. The van der Waals surface area contributed by atoms with Crippen LogP contribution in [0.25, 0.3) is 0 Å². The lowest BCUT2D eigenvalue weighted by Gasteiger charge is -2.24. The molecule has 0 radical (unpaired) electrons. The summed E-state index contributed by atoms with van der Waals surface area (Å²) in [7, 11) is 0. The monoisotopic (exact) mass is 237 g/mol. The van der Waals surface area contributed by atoms with E-state index in [4.69, 9.17) is 4.74 Å². The Hall–Kier alpha value is -0.990. The van der Waals surface area contributed by atoms with Crippen molar-refractivity contribution in [3.05, 3.63) is 11.6 Å². The van der Waals surface area contributed by atoms with Crippen LogP contribution >= 0.6 is 0 Å². The van der Waals surface area contributed by atoms with Crippen LogP contribution in [-0.4, -0.2) is 29.7 Å². The second-order valence-corrected chi connectivity index (χ2v) is 6.26. The van der Waals surface area contributed by atoms with E-state index in [1.54, 1.807) is 5.57 Å². The van der Waals surface area contributed by atoms with Crippen molar-refractivity contribution in [1.29, 1.82) is 0 Å². The maximum Gasteiger partial charge on any atom is 0.410 e. The summed E-state index contributed by atoms with van der Waals surface area (Å²) in [5, 5.41) is 0. The van der Waals surface area contributed by atoms with Crippen LogP contribution in [0.4, 0.5) is 4.79 Å². The summed E-state index contributed by atoms with van der Waals surface area (Å²) >= 11 is 0. The van der Waals surface area contributed by atoms with Crippen molar-refractivity contribution in [3.63, 3.8) is 0 Å². The molecule has 1 heterocycles. The highest BCUT2D eigenvalue weighted by molar-refractivity contribution is 5.68. The SMILES string of the molecule is CC=C1CC2CN(C(=O)OC(C)(C)C)C[C@H]2C1. The van der Waals surface area contributed by atoms with Gasteiger partial charge in [0.15, 0.2) is 0 Å². The third-order valence-corrected chi connectivity index (χ3v) is 3.69. The molecule has 0 N–H and O–H groups in total. The fourth-order valence-corrected chi connectivity index (χ4v) is 2.87. The molecule has 1 aliphatic heterocycles. The predicted octanol–water partition coefficient (Wildman–Crippen LogP) is 3.21. The van der Waals surface area contributed by atoms with E-state index in [-0.39, 0.29) is 11.7 Å². The minimum atomic E-state index is -0.386. The van der Waals surface area contributed by atoms with Crippen LogP contribution in [0.15, 0.2) is 11.6 Å². The molecule has 2 fully saturated rings. The van der Waals surface area contributed by atoms with Crippen molar-refractivity contribution in [3.8, 4) is 0 Å². The number of hydrogen-bond donors (Lipinski definition) is 0. The lowest BCUT2D eigenvalue weighted by Crippen LogP contribution is -2.35. The Kier molecular flexibility index (Phi) is 3.19. The molecule has 0 aromatic carbocycles. The Morgan fingerprint density at radius 3 is 2.24 bits per heavy atom. The van der Waals surface area contributed by atoms with Crippen LogP contribution in [-0.2, 0) is 4.74 Å². The highest BCUT2D eigenvalue weighted by Crippen LogP contribution is 2.41. The van der Waals surface area contributed by atoms with E-state index in [0.717, 1.165) is 13.1 Å². The van der Waals surface area contributed by atoms with Crippen molar-refractivity contribution in [1.82, 2.24) is 4.90 Å². The smallest absolute Gasteiger partial charge is 0.410 e. The summed E-state index contributed by atoms with van der Waals surface area (Å²) in [6.45, 7) is 9.61. The van der Waals surface area contributed by atoms with E-state index in [0.29, 0.717) is 11.8 Å². The number of fused-ring (bicyclic) bond motifs is 1. The highest BCUT2D eigenvalue weighted by Gasteiger charge is 2.40. The minimum Gasteiger partial charge on any atom is -0.444 e. The lowest BCUT2D eigenvalue weighted by molar-refractivity contribution is 0.0282. The van der Waals surface area contributed by atoms with Crippen LogP contribution in [0.2, 0.25) is 0 Å². The van der Waals surface area contributed by atoms with Gasteiger partial charge in [-0.15, -0.1) is 0 Å². The molecule has 1 amide bonds. The summed E-state index contributed by atoms with van der Waals surface area (Å²) in [6.07, 6.45) is 4.42. The average Bonchev–Trinajstić information content (AvgIpc) is 2.70. The Bertz CT molecular complexity index is 325. The largest absolute Gasteiger partial charge is 0.444 e. The van der Waals surface area contributed by atoms with Gasteiger partial charge in [0, 0.05) is 13.1 Å². The molecule has 3 heteroatoms. The van der Waals surface area contributed by atoms with Crippen LogP contribution in [0.1, 0.15) is 40.5 Å². The predicted molar refractivity (Wildman–Crippen MR) is 67.8 cm³/mol. The molecule has 0 aromatic heterocycles. The molecule has 2 rings (SSSR count). The summed E-state index contributed by atoms with van der Waals surface area (Å²) < 4.78 is 5.41. The van der Waals surface area contributed by atoms with Crippen molar-refractivity contribution in [2.24, 2.45) is 11.8 Å². The van der Waals surface area contributed by atoms with Gasteiger partial charge in [0.05, 0.1) is 0 Å². The van der Waals surface area contributed by atoms with Gasteiger partial charge in [0.1, 0.15) is 5.60 Å². The number of allylic oxidation sites excluding steroid dienone is 2. The Morgan fingerprint density at radius 1 is 1.29 bits per heavy atom. The first-order chi connectivity index (χ1) is 7.89. The fourth-order valence-electron chi connectivity index (χ4n) is 2.87. The standard InChI is InChI=1S/C14H23NO2/c1-5-10-6-11-8-15(9-12(11)7-10)13(16)17-14(2,3)4/h5,11-12H,6-9H2,1-4H3/t11-,12?/m1/s1. The van der Waals surface area contributed by atoms with Crippen molar-refractivity contribution in [2.45, 2.75) is 46.1 Å². The maximum atomic E-state index is 11.9. The number of carbonyl (C=O) groups excluding carboxylic acids is 1. The number of nitrogens with zero attached hydrogens (tertiary/aromatic N) is 1. The molecule has 0 bridgehead atoms. The molecule has 96 valence electrons. The molecular formula is C14H23NO2. The zero-order valence-electron chi connectivity index (χ0n) is 11.3. The molecule has 3 nitrogen and oxygen atoms in total. The van der Waals surface area contributed by atoms with Gasteiger partial charge in [-0.25, -0.2) is 4.79 Å². The number of amides is 1. The lowest BCUT2D eigenvalue weighted by atomic mass is 10.0. The normalized spacial score (nSPS) is 30.8. The van der Waals surface area contributed by atoms with Gasteiger partial charge in [-0.05, 0) is 52.4 Å². The Labute approximate surface area is 104 Å². The summed E-state index contributed by atoms with van der Waals surface area (Å²) in [6, 6.07) is 0. The molecule has 1 saturated heterocycles. The van der Waals surface area contributed by atoms with Gasteiger partial charge in [-0.1, -0.05) is 11.6 Å². The average molecular weight is 237 g/mol. The highest BCUT2D eigenvalue weighted by atomic mass is 16.6. The summed E-state index contributed by atoms with van der Waals surface area (Å²) in [5.41, 5.74) is 1.17. The number of rotatable bonds is 0. The topological polar surface area (TPSA) is 29.5 Å². The first kappa shape index (κ1) is 12.5. The van der Waals surface area contributed by atoms with Crippen LogP contribution in [0.3, 0.4) is 0 Å². The van der Waals surface area contributed by atoms with Crippen molar-refractivity contribution in [2.75, 3.05) is 13.1 Å². The first-order valence-electron chi connectivity index (χ1n) is 6.51. The van der Waals surface area contributed by atoms with Crippen LogP contribution < -0.4 is 0 Å². The quantitative estimate of drug-likeness (QED) is 0.605. The van der Waals surface area contributed by atoms with Gasteiger partial charge >= 0.3 is 6.09 Å². The molecule has 1 saturated carbocycles.